The van der Waals surface area contributed by atoms with Crippen LogP contribution in [0.15, 0.2) is 48.5 Å². The van der Waals surface area contributed by atoms with E-state index in [4.69, 9.17) is 4.74 Å². The van der Waals surface area contributed by atoms with E-state index in [1.54, 1.807) is 31.4 Å². The molecule has 0 saturated carbocycles. The third-order valence-corrected chi connectivity index (χ3v) is 4.22. The summed E-state index contributed by atoms with van der Waals surface area (Å²) in [7, 11) is 1.57. The molecular weight excluding hydrogens is 310 g/mol. The summed E-state index contributed by atoms with van der Waals surface area (Å²) in [4.78, 5) is 12.3. The molecule has 0 aliphatic carbocycles. The van der Waals surface area contributed by atoms with Gasteiger partial charge in [0.15, 0.2) is 0 Å². The highest BCUT2D eigenvalue weighted by Crippen LogP contribution is 2.28. The highest BCUT2D eigenvalue weighted by molar-refractivity contribution is 7.18. The van der Waals surface area contributed by atoms with Crippen LogP contribution in [-0.4, -0.2) is 23.2 Å². The van der Waals surface area contributed by atoms with Gasteiger partial charge in [0.05, 0.1) is 7.11 Å². The van der Waals surface area contributed by atoms with Crippen molar-refractivity contribution in [1.82, 2.24) is 10.2 Å². The van der Waals surface area contributed by atoms with Crippen LogP contribution in [0.1, 0.15) is 15.9 Å². The minimum absolute atomic E-state index is 0.239. The Hall–Kier alpha value is -2.73. The lowest BCUT2D eigenvalue weighted by Crippen LogP contribution is -2.11. The molecule has 0 aliphatic heterocycles. The number of nitrogens with one attached hydrogen (secondary N) is 1. The Bertz CT molecular complexity index is 845. The first-order chi connectivity index (χ1) is 11.2. The van der Waals surface area contributed by atoms with Crippen molar-refractivity contribution in [2.75, 3.05) is 12.4 Å². The van der Waals surface area contributed by atoms with Crippen molar-refractivity contribution in [2.45, 2.75) is 6.92 Å². The predicted octanol–water partition coefficient (Wildman–Crippen LogP) is 3.77. The molecule has 116 valence electrons. The lowest BCUT2D eigenvalue weighted by Gasteiger charge is -2.03. The highest BCUT2D eigenvalue weighted by atomic mass is 32.1. The Balaban J connectivity index is 1.79. The van der Waals surface area contributed by atoms with Gasteiger partial charge in [-0.3, -0.25) is 10.1 Å². The van der Waals surface area contributed by atoms with Crippen molar-refractivity contribution in [3.63, 3.8) is 0 Å². The number of aromatic nitrogens is 2. The number of rotatable bonds is 4. The summed E-state index contributed by atoms with van der Waals surface area (Å²) in [5.74, 6) is 0.395. The van der Waals surface area contributed by atoms with Crippen molar-refractivity contribution in [2.24, 2.45) is 0 Å². The quantitative estimate of drug-likeness (QED) is 0.793. The van der Waals surface area contributed by atoms with Crippen molar-refractivity contribution < 1.29 is 9.53 Å². The van der Waals surface area contributed by atoms with Gasteiger partial charge in [-0.1, -0.05) is 41.7 Å². The number of ether oxygens (including phenoxy) is 1. The number of hydrogen-bond acceptors (Lipinski definition) is 5. The summed E-state index contributed by atoms with van der Waals surface area (Å²) in [5, 5.41) is 12.2. The third-order valence-electron chi connectivity index (χ3n) is 3.35. The van der Waals surface area contributed by atoms with Gasteiger partial charge in [-0.05, 0) is 30.7 Å². The van der Waals surface area contributed by atoms with Gasteiger partial charge in [0.1, 0.15) is 10.8 Å². The summed E-state index contributed by atoms with van der Waals surface area (Å²) in [6.07, 6.45) is 0. The van der Waals surface area contributed by atoms with Crippen LogP contribution in [0.2, 0.25) is 0 Å². The van der Waals surface area contributed by atoms with E-state index in [1.165, 1.54) is 11.3 Å². The van der Waals surface area contributed by atoms with E-state index >= 15 is 0 Å². The van der Waals surface area contributed by atoms with Crippen LogP contribution in [0.4, 0.5) is 5.13 Å². The van der Waals surface area contributed by atoms with Gasteiger partial charge >= 0.3 is 0 Å². The first-order valence-corrected chi connectivity index (χ1v) is 7.84. The van der Waals surface area contributed by atoms with Crippen LogP contribution in [0.25, 0.3) is 10.6 Å². The minimum Gasteiger partial charge on any atom is -0.497 e. The highest BCUT2D eigenvalue weighted by Gasteiger charge is 2.12. The molecule has 3 rings (SSSR count). The molecule has 0 saturated heterocycles. The van der Waals surface area contributed by atoms with Gasteiger partial charge < -0.3 is 4.74 Å². The molecule has 0 spiro atoms. The number of hydrogen-bond donors (Lipinski definition) is 1. The first kappa shape index (κ1) is 15.2. The molecular formula is C17H15N3O2S. The number of anilines is 1. The zero-order chi connectivity index (χ0) is 16.2. The zero-order valence-electron chi connectivity index (χ0n) is 12.7. The third kappa shape index (κ3) is 3.37. The smallest absolute Gasteiger partial charge is 0.257 e. The zero-order valence-corrected chi connectivity index (χ0v) is 13.6. The summed E-state index contributed by atoms with van der Waals surface area (Å²) in [5.41, 5.74) is 2.65. The second kappa shape index (κ2) is 6.58. The monoisotopic (exact) mass is 325 g/mol. The normalized spacial score (nSPS) is 10.3. The van der Waals surface area contributed by atoms with Gasteiger partial charge in [0.25, 0.3) is 5.91 Å². The maximum Gasteiger partial charge on any atom is 0.257 e. The average Bonchev–Trinajstić information content (AvgIpc) is 3.03. The van der Waals surface area contributed by atoms with Crippen molar-refractivity contribution in [3.8, 4) is 16.3 Å². The molecule has 0 unspecified atom stereocenters. The predicted molar refractivity (Wildman–Crippen MR) is 91.0 cm³/mol. The first-order valence-electron chi connectivity index (χ1n) is 7.02. The molecule has 1 N–H and O–H groups in total. The molecule has 0 aliphatic rings. The molecule has 0 fully saturated rings. The number of methoxy groups -OCH3 is 1. The van der Waals surface area contributed by atoms with E-state index in [0.29, 0.717) is 16.4 Å². The largest absolute Gasteiger partial charge is 0.497 e. The van der Waals surface area contributed by atoms with Crippen LogP contribution in [0.5, 0.6) is 5.75 Å². The second-order valence-corrected chi connectivity index (χ2v) is 5.89. The lowest BCUT2D eigenvalue weighted by molar-refractivity contribution is 0.102. The second-order valence-electron chi connectivity index (χ2n) is 4.91. The molecule has 0 bridgehead atoms. The number of carbonyl (C=O) groups is 1. The fraction of sp³-hybridized carbons (Fsp3) is 0.118. The summed E-state index contributed by atoms with van der Waals surface area (Å²) in [6, 6.07) is 14.9. The van der Waals surface area contributed by atoms with Crippen LogP contribution in [-0.2, 0) is 0 Å². The van der Waals surface area contributed by atoms with E-state index in [9.17, 15) is 4.79 Å². The van der Waals surface area contributed by atoms with Crippen molar-refractivity contribution >= 4 is 22.4 Å². The van der Waals surface area contributed by atoms with Gasteiger partial charge in [0, 0.05) is 11.1 Å². The maximum atomic E-state index is 12.3. The number of benzene rings is 2. The van der Waals surface area contributed by atoms with Gasteiger partial charge in [-0.2, -0.15) is 0 Å². The van der Waals surface area contributed by atoms with Gasteiger partial charge in [-0.15, -0.1) is 10.2 Å². The Morgan fingerprint density at radius 2 is 1.96 bits per heavy atom. The summed E-state index contributed by atoms with van der Waals surface area (Å²) >= 11 is 1.35. The SMILES string of the molecule is COc1cccc(C(=O)Nc2nnc(-c3ccccc3C)s2)c1. The van der Waals surface area contributed by atoms with Crippen LogP contribution in [0, 0.1) is 6.92 Å². The Morgan fingerprint density at radius 3 is 2.74 bits per heavy atom. The average molecular weight is 325 g/mol. The molecule has 0 atom stereocenters. The summed E-state index contributed by atoms with van der Waals surface area (Å²) < 4.78 is 5.12. The summed E-state index contributed by atoms with van der Waals surface area (Å²) in [6.45, 7) is 2.02. The van der Waals surface area contributed by atoms with Gasteiger partial charge in [-0.25, -0.2) is 0 Å². The number of nitrogens with zero attached hydrogens (tertiary/aromatic N) is 2. The number of carbonyl (C=O) groups excluding carboxylic acids is 1. The molecule has 1 aromatic heterocycles. The van der Waals surface area contributed by atoms with Crippen LogP contribution in [0.3, 0.4) is 0 Å². The Morgan fingerprint density at radius 1 is 1.13 bits per heavy atom. The molecule has 2 aromatic carbocycles. The minimum atomic E-state index is -0.239. The fourth-order valence-corrected chi connectivity index (χ4v) is 2.96. The molecule has 6 heteroatoms. The molecule has 0 radical (unpaired) electrons. The van der Waals surface area contributed by atoms with E-state index < -0.39 is 0 Å². The number of amides is 1. The van der Waals surface area contributed by atoms with Crippen LogP contribution >= 0.6 is 11.3 Å². The van der Waals surface area contributed by atoms with Crippen LogP contribution < -0.4 is 10.1 Å². The van der Waals surface area contributed by atoms with E-state index in [-0.39, 0.29) is 5.91 Å². The molecule has 1 heterocycles. The van der Waals surface area contributed by atoms with Crippen molar-refractivity contribution in [1.29, 1.82) is 0 Å². The van der Waals surface area contributed by atoms with E-state index in [2.05, 4.69) is 15.5 Å². The van der Waals surface area contributed by atoms with Crippen molar-refractivity contribution in [3.05, 3.63) is 59.7 Å². The van der Waals surface area contributed by atoms with Gasteiger partial charge in [0.2, 0.25) is 5.13 Å². The molecule has 5 nitrogen and oxygen atoms in total. The Labute approximate surface area is 138 Å². The molecule has 1 amide bonds. The number of aryl methyl sites for hydroxylation is 1. The maximum absolute atomic E-state index is 12.3. The topological polar surface area (TPSA) is 64.1 Å². The van der Waals surface area contributed by atoms with E-state index in [0.717, 1.165) is 16.1 Å². The Kier molecular flexibility index (Phi) is 4.34. The standard InChI is InChI=1S/C17H15N3O2S/c1-11-6-3-4-9-14(11)16-19-20-17(23-16)18-15(21)12-7-5-8-13(10-12)22-2/h3-10H,1-2H3,(H,18,20,21). The van der Waals surface area contributed by atoms with E-state index in [1.807, 2.05) is 31.2 Å². The lowest BCUT2D eigenvalue weighted by atomic mass is 10.1. The molecule has 3 aromatic rings. The fourth-order valence-electron chi connectivity index (χ4n) is 2.13. The molecule has 23 heavy (non-hydrogen) atoms.